The number of hydroxylamine groups is 3. The van der Waals surface area contributed by atoms with Crippen LogP contribution >= 0.6 is 0 Å². The zero-order valence-electron chi connectivity index (χ0n) is 8.63. The maximum absolute atomic E-state index is 11.5. The molecule has 0 atom stereocenters. The molecule has 1 rings (SSSR count). The van der Waals surface area contributed by atoms with Gasteiger partial charge in [0.15, 0.2) is 0 Å². The van der Waals surface area contributed by atoms with Gasteiger partial charge in [0.1, 0.15) is 0 Å². The molecule has 1 saturated heterocycles. The van der Waals surface area contributed by atoms with Gasteiger partial charge in [-0.15, -0.1) is 0 Å². The predicted octanol–water partition coefficient (Wildman–Crippen LogP) is 1.04. The van der Waals surface area contributed by atoms with Crippen LogP contribution in [-0.2, 0) is 0 Å². The van der Waals surface area contributed by atoms with Crippen molar-refractivity contribution in [3.8, 4) is 0 Å². The lowest BCUT2D eigenvalue weighted by Crippen LogP contribution is -2.58. The van der Waals surface area contributed by atoms with Crippen molar-refractivity contribution in [3.05, 3.63) is 5.21 Å². The van der Waals surface area contributed by atoms with Crippen LogP contribution in [0.2, 0.25) is 0 Å². The number of quaternary nitrogens is 1. The number of hydrogen-bond donors (Lipinski definition) is 0. The Morgan fingerprint density at radius 1 is 1.17 bits per heavy atom. The molecule has 12 heavy (non-hydrogen) atoms. The third-order valence-corrected chi connectivity index (χ3v) is 2.63. The fourth-order valence-corrected chi connectivity index (χ4v) is 1.56. The van der Waals surface area contributed by atoms with Crippen molar-refractivity contribution in [1.82, 2.24) is 4.90 Å². The molecule has 3 heteroatoms. The van der Waals surface area contributed by atoms with E-state index in [2.05, 4.69) is 25.7 Å². The van der Waals surface area contributed by atoms with E-state index in [0.717, 1.165) is 26.2 Å². The Balaban J connectivity index is 2.47. The summed E-state index contributed by atoms with van der Waals surface area (Å²) < 4.78 is -0.0629. The predicted molar refractivity (Wildman–Crippen MR) is 50.6 cm³/mol. The number of likely N-dealkylation sites (N-methyl/N-ethyl adjacent to an activating group) is 1. The summed E-state index contributed by atoms with van der Waals surface area (Å²) in [6, 6.07) is 0. The molecular weight excluding hydrogens is 152 g/mol. The van der Waals surface area contributed by atoms with E-state index < -0.39 is 0 Å². The van der Waals surface area contributed by atoms with Crippen LogP contribution in [0.15, 0.2) is 0 Å². The second-order valence-electron chi connectivity index (χ2n) is 4.90. The second-order valence-corrected chi connectivity index (χ2v) is 4.90. The highest BCUT2D eigenvalue weighted by Gasteiger charge is 2.28. The van der Waals surface area contributed by atoms with E-state index in [1.165, 1.54) is 0 Å². The van der Waals surface area contributed by atoms with Crippen LogP contribution in [0.3, 0.4) is 0 Å². The lowest BCUT2D eigenvalue weighted by atomic mass is 10.1. The van der Waals surface area contributed by atoms with Crippen LogP contribution in [0.25, 0.3) is 0 Å². The zero-order chi connectivity index (χ0) is 9.41. The summed E-state index contributed by atoms with van der Waals surface area (Å²) in [5.41, 5.74) is 0.223. The number of piperazine rings is 1. The summed E-state index contributed by atoms with van der Waals surface area (Å²) in [4.78, 5) is 2.38. The molecule has 0 aromatic carbocycles. The Hall–Kier alpha value is -0.120. The van der Waals surface area contributed by atoms with Crippen molar-refractivity contribution in [2.45, 2.75) is 26.3 Å². The molecule has 0 N–H and O–H groups in total. The highest BCUT2D eigenvalue weighted by atomic mass is 16.5. The van der Waals surface area contributed by atoms with Gasteiger partial charge in [0.2, 0.25) is 0 Å². The minimum Gasteiger partial charge on any atom is -0.633 e. The van der Waals surface area contributed by atoms with Crippen molar-refractivity contribution in [2.75, 3.05) is 33.2 Å². The van der Waals surface area contributed by atoms with Gasteiger partial charge in [0.25, 0.3) is 0 Å². The summed E-state index contributed by atoms with van der Waals surface area (Å²) in [5, 5.41) is 11.5. The summed E-state index contributed by atoms with van der Waals surface area (Å²) >= 11 is 0. The average molecular weight is 172 g/mol. The largest absolute Gasteiger partial charge is 0.633 e. The van der Waals surface area contributed by atoms with Crippen LogP contribution in [0, 0.1) is 5.21 Å². The van der Waals surface area contributed by atoms with Gasteiger partial charge in [-0.3, -0.25) is 4.90 Å². The minimum absolute atomic E-state index is 0.0629. The Kier molecular flexibility index (Phi) is 2.47. The fraction of sp³-hybridized carbons (Fsp3) is 1.00. The Morgan fingerprint density at radius 2 is 1.58 bits per heavy atom. The van der Waals surface area contributed by atoms with Crippen LogP contribution in [0.4, 0.5) is 0 Å². The lowest BCUT2D eigenvalue weighted by molar-refractivity contribution is -0.865. The SMILES string of the molecule is CC(C)(C)N1CC[N+](C)([O-])CC1. The van der Waals surface area contributed by atoms with Gasteiger partial charge in [-0.05, 0) is 20.8 Å². The smallest absolute Gasteiger partial charge is 0.0911 e. The Morgan fingerprint density at radius 3 is 1.92 bits per heavy atom. The zero-order valence-corrected chi connectivity index (χ0v) is 8.63. The standard InChI is InChI=1S/C9H20N2O/c1-9(2,3)10-5-7-11(4,12)8-6-10/h5-8H2,1-4H3. The topological polar surface area (TPSA) is 26.3 Å². The highest BCUT2D eigenvalue weighted by molar-refractivity contribution is 4.78. The molecular formula is C9H20N2O. The second kappa shape index (κ2) is 2.98. The molecule has 0 saturated carbocycles. The van der Waals surface area contributed by atoms with E-state index in [-0.39, 0.29) is 10.2 Å². The van der Waals surface area contributed by atoms with Gasteiger partial charge in [0.05, 0.1) is 20.1 Å². The van der Waals surface area contributed by atoms with Crippen molar-refractivity contribution in [3.63, 3.8) is 0 Å². The molecule has 3 nitrogen and oxygen atoms in total. The highest BCUT2D eigenvalue weighted by Crippen LogP contribution is 2.17. The van der Waals surface area contributed by atoms with Crippen molar-refractivity contribution < 1.29 is 4.65 Å². The van der Waals surface area contributed by atoms with Gasteiger partial charge in [-0.2, -0.15) is 0 Å². The van der Waals surface area contributed by atoms with Gasteiger partial charge >= 0.3 is 0 Å². The van der Waals surface area contributed by atoms with E-state index >= 15 is 0 Å². The first-order chi connectivity index (χ1) is 5.31. The molecule has 0 bridgehead atoms. The summed E-state index contributed by atoms with van der Waals surface area (Å²) in [7, 11) is 1.76. The number of nitrogens with zero attached hydrogens (tertiary/aromatic N) is 2. The Bertz CT molecular complexity index is 150. The first-order valence-corrected chi connectivity index (χ1v) is 4.62. The molecule has 1 fully saturated rings. The van der Waals surface area contributed by atoms with Crippen LogP contribution < -0.4 is 0 Å². The minimum atomic E-state index is -0.0629. The van der Waals surface area contributed by atoms with Crippen molar-refractivity contribution in [1.29, 1.82) is 0 Å². The maximum atomic E-state index is 11.5. The maximum Gasteiger partial charge on any atom is 0.0911 e. The first-order valence-electron chi connectivity index (χ1n) is 4.62. The molecule has 0 aromatic rings. The van der Waals surface area contributed by atoms with Crippen molar-refractivity contribution >= 4 is 0 Å². The summed E-state index contributed by atoms with van der Waals surface area (Å²) in [5.74, 6) is 0. The molecule has 72 valence electrons. The van der Waals surface area contributed by atoms with Crippen molar-refractivity contribution in [2.24, 2.45) is 0 Å². The molecule has 0 aromatic heterocycles. The molecule has 0 radical (unpaired) electrons. The van der Waals surface area contributed by atoms with Crippen LogP contribution in [-0.4, -0.2) is 48.3 Å². The molecule has 1 aliphatic rings. The van der Waals surface area contributed by atoms with Gasteiger partial charge < -0.3 is 9.85 Å². The fourth-order valence-electron chi connectivity index (χ4n) is 1.56. The molecule has 0 aliphatic carbocycles. The van der Waals surface area contributed by atoms with E-state index in [9.17, 15) is 5.21 Å². The Labute approximate surface area is 75.1 Å². The van der Waals surface area contributed by atoms with E-state index in [1.807, 2.05) is 0 Å². The van der Waals surface area contributed by atoms with Gasteiger partial charge in [-0.1, -0.05) is 0 Å². The number of hydrogen-bond acceptors (Lipinski definition) is 2. The number of rotatable bonds is 0. The third-order valence-electron chi connectivity index (χ3n) is 2.63. The van der Waals surface area contributed by atoms with Crippen LogP contribution in [0.1, 0.15) is 20.8 Å². The molecule has 1 heterocycles. The lowest BCUT2D eigenvalue weighted by Gasteiger charge is -2.48. The van der Waals surface area contributed by atoms with Gasteiger partial charge in [-0.25, -0.2) is 0 Å². The average Bonchev–Trinajstić information content (AvgIpc) is 1.83. The molecule has 1 aliphatic heterocycles. The first kappa shape index (κ1) is 9.96. The monoisotopic (exact) mass is 172 g/mol. The van der Waals surface area contributed by atoms with E-state index in [1.54, 1.807) is 7.05 Å². The summed E-state index contributed by atoms with van der Waals surface area (Å²) in [6.07, 6.45) is 0. The summed E-state index contributed by atoms with van der Waals surface area (Å²) in [6.45, 7) is 9.94. The van der Waals surface area contributed by atoms with E-state index in [4.69, 9.17) is 0 Å². The normalized spacial score (nSPS) is 25.8. The van der Waals surface area contributed by atoms with Crippen LogP contribution in [0.5, 0.6) is 0 Å². The third kappa shape index (κ3) is 2.44. The molecule has 0 unspecified atom stereocenters. The van der Waals surface area contributed by atoms with Gasteiger partial charge in [0, 0.05) is 18.6 Å². The quantitative estimate of drug-likeness (QED) is 0.403. The molecule has 0 spiro atoms. The molecule has 0 amide bonds. The van der Waals surface area contributed by atoms with E-state index in [0.29, 0.717) is 0 Å².